The van der Waals surface area contributed by atoms with E-state index in [1.165, 1.54) is 0 Å². The maximum Gasteiger partial charge on any atom is 0.159 e. The Hall–Kier alpha value is -3.40. The highest BCUT2D eigenvalue weighted by Gasteiger charge is 2.11. The Balaban J connectivity index is 1.84. The highest BCUT2D eigenvalue weighted by molar-refractivity contribution is 5.78. The molecule has 0 bridgehead atoms. The van der Waals surface area contributed by atoms with Crippen molar-refractivity contribution in [3.63, 3.8) is 0 Å². The van der Waals surface area contributed by atoms with Crippen LogP contribution in [0.25, 0.3) is 33.9 Å². The summed E-state index contributed by atoms with van der Waals surface area (Å²) in [6.07, 6.45) is 5.13. The zero-order valence-corrected chi connectivity index (χ0v) is 12.9. The SMILES string of the molecule is c1ccc(-c2nccc(-c3cncnc3-c3ccccc3)n2)cc1. The van der Waals surface area contributed by atoms with Crippen molar-refractivity contribution in [3.05, 3.63) is 85.5 Å². The van der Waals surface area contributed by atoms with Gasteiger partial charge in [-0.15, -0.1) is 0 Å². The van der Waals surface area contributed by atoms with Gasteiger partial charge in [0.2, 0.25) is 0 Å². The Bertz CT molecular complexity index is 953. The quantitative estimate of drug-likeness (QED) is 0.567. The zero-order chi connectivity index (χ0) is 16.2. The fourth-order valence-corrected chi connectivity index (χ4v) is 2.58. The third-order valence-corrected chi connectivity index (χ3v) is 3.72. The van der Waals surface area contributed by atoms with Gasteiger partial charge in [0.05, 0.1) is 11.4 Å². The van der Waals surface area contributed by atoms with Crippen molar-refractivity contribution in [2.24, 2.45) is 0 Å². The Labute approximate surface area is 139 Å². The number of rotatable bonds is 3. The average Bonchev–Trinajstić information content (AvgIpc) is 2.69. The number of aromatic nitrogens is 4. The topological polar surface area (TPSA) is 51.6 Å². The standard InChI is InChI=1S/C20H14N4/c1-3-7-15(8-4-1)19-17(13-21-14-23-19)18-11-12-22-20(24-18)16-9-5-2-6-10-16/h1-14H. The van der Waals surface area contributed by atoms with Crippen LogP contribution in [0.15, 0.2) is 85.5 Å². The Kier molecular flexibility index (Phi) is 3.78. The maximum absolute atomic E-state index is 4.71. The van der Waals surface area contributed by atoms with Crippen LogP contribution in [0.2, 0.25) is 0 Å². The van der Waals surface area contributed by atoms with Gasteiger partial charge in [0.1, 0.15) is 6.33 Å². The van der Waals surface area contributed by atoms with Gasteiger partial charge in [0.15, 0.2) is 5.82 Å². The van der Waals surface area contributed by atoms with E-state index in [1.54, 1.807) is 18.7 Å². The Morgan fingerprint density at radius 1 is 0.667 bits per heavy atom. The summed E-state index contributed by atoms with van der Waals surface area (Å²) in [6.45, 7) is 0. The zero-order valence-electron chi connectivity index (χ0n) is 12.9. The number of benzene rings is 2. The number of hydrogen-bond acceptors (Lipinski definition) is 4. The summed E-state index contributed by atoms with van der Waals surface area (Å²) in [4.78, 5) is 17.7. The minimum atomic E-state index is 0.691. The van der Waals surface area contributed by atoms with Crippen LogP contribution in [-0.2, 0) is 0 Å². The summed E-state index contributed by atoms with van der Waals surface area (Å²) in [6, 6.07) is 21.9. The van der Waals surface area contributed by atoms with Crippen LogP contribution in [-0.4, -0.2) is 19.9 Å². The van der Waals surface area contributed by atoms with Gasteiger partial charge in [0.25, 0.3) is 0 Å². The van der Waals surface area contributed by atoms with Gasteiger partial charge >= 0.3 is 0 Å². The molecule has 0 radical (unpaired) electrons. The second kappa shape index (κ2) is 6.38. The molecule has 0 amide bonds. The van der Waals surface area contributed by atoms with Crippen LogP contribution < -0.4 is 0 Å². The van der Waals surface area contributed by atoms with Crippen LogP contribution in [0.1, 0.15) is 0 Å². The Morgan fingerprint density at radius 3 is 2.12 bits per heavy atom. The first-order valence-corrected chi connectivity index (χ1v) is 7.66. The third kappa shape index (κ3) is 2.77. The van der Waals surface area contributed by atoms with Gasteiger partial charge in [-0.3, -0.25) is 0 Å². The predicted molar refractivity (Wildman–Crippen MR) is 93.9 cm³/mol. The second-order valence-electron chi connectivity index (χ2n) is 5.28. The molecule has 4 heteroatoms. The molecule has 2 heterocycles. The lowest BCUT2D eigenvalue weighted by Gasteiger charge is -2.08. The molecule has 0 aliphatic rings. The van der Waals surface area contributed by atoms with E-state index in [9.17, 15) is 0 Å². The molecule has 0 N–H and O–H groups in total. The molecule has 0 spiro atoms. The van der Waals surface area contributed by atoms with E-state index < -0.39 is 0 Å². The molecular weight excluding hydrogens is 296 g/mol. The Morgan fingerprint density at radius 2 is 1.38 bits per heavy atom. The molecule has 4 aromatic rings. The van der Waals surface area contributed by atoms with Crippen molar-refractivity contribution in [1.82, 2.24) is 19.9 Å². The minimum Gasteiger partial charge on any atom is -0.244 e. The molecule has 0 fully saturated rings. The largest absolute Gasteiger partial charge is 0.244 e. The first kappa shape index (κ1) is 14.2. The van der Waals surface area contributed by atoms with Crippen LogP contribution in [0, 0.1) is 0 Å². The molecule has 24 heavy (non-hydrogen) atoms. The maximum atomic E-state index is 4.71. The van der Waals surface area contributed by atoms with Gasteiger partial charge in [-0.2, -0.15) is 0 Å². The summed E-state index contributed by atoms with van der Waals surface area (Å²) < 4.78 is 0. The molecule has 4 rings (SSSR count). The first-order chi connectivity index (χ1) is 11.9. The normalized spacial score (nSPS) is 10.5. The highest BCUT2D eigenvalue weighted by atomic mass is 14.9. The molecule has 0 unspecified atom stereocenters. The van der Waals surface area contributed by atoms with E-state index in [0.29, 0.717) is 5.82 Å². The van der Waals surface area contributed by atoms with E-state index in [-0.39, 0.29) is 0 Å². The molecule has 2 aromatic heterocycles. The van der Waals surface area contributed by atoms with E-state index in [1.807, 2.05) is 66.7 Å². The van der Waals surface area contributed by atoms with E-state index >= 15 is 0 Å². The van der Waals surface area contributed by atoms with Gasteiger partial charge < -0.3 is 0 Å². The monoisotopic (exact) mass is 310 g/mol. The van der Waals surface area contributed by atoms with E-state index in [4.69, 9.17) is 4.98 Å². The van der Waals surface area contributed by atoms with Gasteiger partial charge in [-0.05, 0) is 6.07 Å². The van der Waals surface area contributed by atoms with Crippen molar-refractivity contribution in [3.8, 4) is 33.9 Å². The van der Waals surface area contributed by atoms with Gasteiger partial charge in [0, 0.05) is 29.1 Å². The molecular formula is C20H14N4. The summed E-state index contributed by atoms with van der Waals surface area (Å²) in [5, 5.41) is 0. The molecule has 4 nitrogen and oxygen atoms in total. The lowest BCUT2D eigenvalue weighted by atomic mass is 10.0. The lowest BCUT2D eigenvalue weighted by molar-refractivity contribution is 1.14. The molecule has 114 valence electrons. The van der Waals surface area contributed by atoms with E-state index in [2.05, 4.69) is 15.0 Å². The summed E-state index contributed by atoms with van der Waals surface area (Å²) >= 11 is 0. The minimum absolute atomic E-state index is 0.691. The van der Waals surface area contributed by atoms with Crippen LogP contribution in [0.4, 0.5) is 0 Å². The van der Waals surface area contributed by atoms with Crippen LogP contribution >= 0.6 is 0 Å². The lowest BCUT2D eigenvalue weighted by Crippen LogP contribution is -1.95. The van der Waals surface area contributed by atoms with Gasteiger partial charge in [-0.1, -0.05) is 60.7 Å². The molecule has 0 saturated carbocycles. The van der Waals surface area contributed by atoms with Crippen molar-refractivity contribution in [2.75, 3.05) is 0 Å². The predicted octanol–water partition coefficient (Wildman–Crippen LogP) is 4.27. The van der Waals surface area contributed by atoms with Crippen molar-refractivity contribution < 1.29 is 0 Å². The molecule has 0 saturated heterocycles. The molecule has 0 aliphatic carbocycles. The fourth-order valence-electron chi connectivity index (χ4n) is 2.58. The van der Waals surface area contributed by atoms with Crippen molar-refractivity contribution >= 4 is 0 Å². The molecule has 2 aromatic carbocycles. The fraction of sp³-hybridized carbons (Fsp3) is 0. The number of nitrogens with zero attached hydrogens (tertiary/aromatic N) is 4. The second-order valence-corrected chi connectivity index (χ2v) is 5.28. The van der Waals surface area contributed by atoms with Crippen molar-refractivity contribution in [2.45, 2.75) is 0 Å². The van der Waals surface area contributed by atoms with Crippen LogP contribution in [0.5, 0.6) is 0 Å². The molecule has 0 atom stereocenters. The third-order valence-electron chi connectivity index (χ3n) is 3.72. The number of hydrogen-bond donors (Lipinski definition) is 0. The van der Waals surface area contributed by atoms with Crippen LogP contribution in [0.3, 0.4) is 0 Å². The smallest absolute Gasteiger partial charge is 0.159 e. The highest BCUT2D eigenvalue weighted by Crippen LogP contribution is 2.28. The first-order valence-electron chi connectivity index (χ1n) is 7.66. The molecule has 0 aliphatic heterocycles. The van der Waals surface area contributed by atoms with E-state index in [0.717, 1.165) is 28.1 Å². The average molecular weight is 310 g/mol. The summed E-state index contributed by atoms with van der Waals surface area (Å²) in [7, 11) is 0. The van der Waals surface area contributed by atoms with Crippen molar-refractivity contribution in [1.29, 1.82) is 0 Å². The summed E-state index contributed by atoms with van der Waals surface area (Å²) in [5.74, 6) is 0.691. The van der Waals surface area contributed by atoms with Gasteiger partial charge in [-0.25, -0.2) is 19.9 Å². The summed E-state index contributed by atoms with van der Waals surface area (Å²) in [5.41, 5.74) is 4.59.